The van der Waals surface area contributed by atoms with Crippen LogP contribution in [0.5, 0.6) is 0 Å². The smallest absolute Gasteiger partial charge is 0.262 e. The minimum atomic E-state index is -0.167. The molecule has 0 saturated heterocycles. The Morgan fingerprint density at radius 3 is 2.57 bits per heavy atom. The summed E-state index contributed by atoms with van der Waals surface area (Å²) in [6.45, 7) is 4.36. The first-order valence-corrected chi connectivity index (χ1v) is 10.5. The average Bonchev–Trinajstić information content (AvgIpc) is 3.25. The van der Waals surface area contributed by atoms with E-state index in [1.165, 1.54) is 11.8 Å². The summed E-state index contributed by atoms with van der Waals surface area (Å²) >= 11 is 1.45. The molecule has 9 heteroatoms. The molecule has 4 aromatic rings. The van der Waals surface area contributed by atoms with Crippen molar-refractivity contribution >= 4 is 22.7 Å². The highest BCUT2D eigenvalue weighted by atomic mass is 32.2. The molecule has 30 heavy (non-hydrogen) atoms. The predicted molar refractivity (Wildman–Crippen MR) is 116 cm³/mol. The molecule has 0 aliphatic rings. The van der Waals surface area contributed by atoms with Gasteiger partial charge < -0.3 is 4.74 Å². The zero-order valence-corrected chi connectivity index (χ0v) is 17.8. The van der Waals surface area contributed by atoms with E-state index in [9.17, 15) is 4.79 Å². The molecule has 4 rings (SSSR count). The molecule has 0 aliphatic heterocycles. The lowest BCUT2D eigenvalue weighted by Crippen LogP contribution is -2.28. The van der Waals surface area contributed by atoms with Crippen LogP contribution in [0.25, 0.3) is 16.6 Å². The van der Waals surface area contributed by atoms with Crippen LogP contribution in [0.1, 0.15) is 31.0 Å². The topological polar surface area (TPSA) is 87.7 Å². The van der Waals surface area contributed by atoms with Crippen molar-refractivity contribution in [2.45, 2.75) is 30.3 Å². The lowest BCUT2D eigenvalue weighted by molar-refractivity contribution is 0.156. The number of tetrazole rings is 1. The molecule has 2 heterocycles. The number of thioether (sulfide) groups is 1. The van der Waals surface area contributed by atoms with Crippen LogP contribution in [0.15, 0.2) is 64.5 Å². The molecule has 0 spiro atoms. The summed E-state index contributed by atoms with van der Waals surface area (Å²) in [7, 11) is 1.62. The molecule has 0 fully saturated rings. The number of para-hydroxylation sites is 2. The predicted octanol–water partition coefficient (Wildman–Crippen LogP) is 3.43. The molecule has 2 atom stereocenters. The number of benzene rings is 2. The molecule has 0 aliphatic carbocycles. The Balaban J connectivity index is 1.76. The van der Waals surface area contributed by atoms with Crippen LogP contribution < -0.4 is 5.56 Å². The fraction of sp³-hybridized carbons (Fsp3) is 0.286. The maximum atomic E-state index is 13.2. The van der Waals surface area contributed by atoms with E-state index >= 15 is 0 Å². The Kier molecular flexibility index (Phi) is 5.91. The summed E-state index contributed by atoms with van der Waals surface area (Å²) < 4.78 is 8.71. The van der Waals surface area contributed by atoms with E-state index in [-0.39, 0.29) is 16.9 Å². The molecule has 0 bridgehead atoms. The summed E-state index contributed by atoms with van der Waals surface area (Å²) in [4.78, 5) is 18.0. The number of methoxy groups -OCH3 is 1. The first kappa shape index (κ1) is 20.2. The van der Waals surface area contributed by atoms with Gasteiger partial charge in [0.25, 0.3) is 5.56 Å². The largest absolute Gasteiger partial charge is 0.383 e. The van der Waals surface area contributed by atoms with Crippen LogP contribution in [-0.4, -0.2) is 43.5 Å². The Bertz CT molecular complexity index is 1210. The summed E-state index contributed by atoms with van der Waals surface area (Å²) in [6.07, 6.45) is 0. The van der Waals surface area contributed by atoms with Crippen molar-refractivity contribution in [3.63, 3.8) is 0 Å². The van der Waals surface area contributed by atoms with Gasteiger partial charge in [0.2, 0.25) is 0 Å². The zero-order chi connectivity index (χ0) is 21.1. The quantitative estimate of drug-likeness (QED) is 0.333. The molecule has 2 aromatic carbocycles. The van der Waals surface area contributed by atoms with Gasteiger partial charge in [-0.05, 0) is 48.5 Å². The second-order valence-corrected chi connectivity index (χ2v) is 8.24. The Labute approximate surface area is 177 Å². The van der Waals surface area contributed by atoms with Crippen molar-refractivity contribution in [3.05, 3.63) is 70.8 Å². The van der Waals surface area contributed by atoms with Crippen molar-refractivity contribution in [2.24, 2.45) is 0 Å². The molecular formula is C21H22N6O2S. The molecule has 0 saturated carbocycles. The van der Waals surface area contributed by atoms with Crippen molar-refractivity contribution < 1.29 is 4.74 Å². The SMILES string of the molecule is COC[C@H](C)n1c(S[C@H](C)c2nnnn2-c2ccccc2)nc2ccccc2c1=O. The van der Waals surface area contributed by atoms with Crippen LogP contribution in [0.4, 0.5) is 0 Å². The second-order valence-electron chi connectivity index (χ2n) is 6.94. The van der Waals surface area contributed by atoms with Gasteiger partial charge in [0, 0.05) is 7.11 Å². The van der Waals surface area contributed by atoms with Gasteiger partial charge >= 0.3 is 0 Å². The number of rotatable bonds is 7. The Morgan fingerprint density at radius 2 is 1.80 bits per heavy atom. The highest BCUT2D eigenvalue weighted by Gasteiger charge is 2.22. The van der Waals surface area contributed by atoms with Crippen molar-refractivity contribution in [2.75, 3.05) is 13.7 Å². The van der Waals surface area contributed by atoms with E-state index in [0.29, 0.717) is 28.5 Å². The number of aromatic nitrogens is 6. The zero-order valence-electron chi connectivity index (χ0n) is 17.0. The summed E-state index contributed by atoms with van der Waals surface area (Å²) in [6, 6.07) is 16.9. The monoisotopic (exact) mass is 422 g/mol. The van der Waals surface area contributed by atoms with E-state index in [4.69, 9.17) is 9.72 Å². The van der Waals surface area contributed by atoms with Gasteiger partial charge in [-0.3, -0.25) is 9.36 Å². The van der Waals surface area contributed by atoms with Crippen LogP contribution >= 0.6 is 11.8 Å². The van der Waals surface area contributed by atoms with Crippen LogP contribution in [0, 0.1) is 0 Å². The van der Waals surface area contributed by atoms with E-state index in [1.807, 2.05) is 62.4 Å². The Morgan fingerprint density at radius 1 is 1.07 bits per heavy atom. The van der Waals surface area contributed by atoms with Gasteiger partial charge in [-0.25, -0.2) is 4.98 Å². The van der Waals surface area contributed by atoms with Gasteiger partial charge in [-0.2, -0.15) is 4.68 Å². The lowest BCUT2D eigenvalue weighted by Gasteiger charge is -2.20. The van der Waals surface area contributed by atoms with Gasteiger partial charge in [0.1, 0.15) is 0 Å². The summed E-state index contributed by atoms with van der Waals surface area (Å²) in [5, 5.41) is 13.3. The van der Waals surface area contributed by atoms with E-state index in [0.717, 1.165) is 5.69 Å². The minimum absolute atomic E-state index is 0.0810. The van der Waals surface area contributed by atoms with Crippen LogP contribution in [0.3, 0.4) is 0 Å². The van der Waals surface area contributed by atoms with Crippen molar-refractivity contribution in [1.29, 1.82) is 0 Å². The molecular weight excluding hydrogens is 400 g/mol. The van der Waals surface area contributed by atoms with Crippen molar-refractivity contribution in [1.82, 2.24) is 29.8 Å². The molecule has 8 nitrogen and oxygen atoms in total. The molecule has 154 valence electrons. The van der Waals surface area contributed by atoms with Gasteiger partial charge in [0.05, 0.1) is 34.5 Å². The maximum Gasteiger partial charge on any atom is 0.262 e. The first-order valence-electron chi connectivity index (χ1n) is 9.60. The molecule has 0 radical (unpaired) electrons. The maximum absolute atomic E-state index is 13.2. The number of ether oxygens (including phenoxy) is 1. The average molecular weight is 423 g/mol. The fourth-order valence-electron chi connectivity index (χ4n) is 3.32. The normalized spacial score (nSPS) is 13.4. The fourth-order valence-corrected chi connectivity index (χ4v) is 4.42. The third-order valence-electron chi connectivity index (χ3n) is 4.76. The van der Waals surface area contributed by atoms with Gasteiger partial charge in [-0.15, -0.1) is 5.10 Å². The first-order chi connectivity index (χ1) is 14.6. The molecule has 0 unspecified atom stereocenters. The lowest BCUT2D eigenvalue weighted by atomic mass is 10.2. The summed E-state index contributed by atoms with van der Waals surface area (Å²) in [5.74, 6) is 0.680. The third kappa shape index (κ3) is 3.86. The van der Waals surface area contributed by atoms with Gasteiger partial charge in [0.15, 0.2) is 11.0 Å². The van der Waals surface area contributed by atoms with Crippen molar-refractivity contribution in [3.8, 4) is 5.69 Å². The Hall–Kier alpha value is -3.04. The number of nitrogens with zero attached hydrogens (tertiary/aromatic N) is 6. The second kappa shape index (κ2) is 8.76. The van der Waals surface area contributed by atoms with Gasteiger partial charge in [-0.1, -0.05) is 42.1 Å². The van der Waals surface area contributed by atoms with E-state index in [1.54, 1.807) is 22.4 Å². The number of hydrogen-bond acceptors (Lipinski definition) is 7. The highest BCUT2D eigenvalue weighted by molar-refractivity contribution is 7.99. The van der Waals surface area contributed by atoms with Crippen LogP contribution in [-0.2, 0) is 4.74 Å². The molecule has 0 N–H and O–H groups in total. The third-order valence-corrected chi connectivity index (χ3v) is 5.83. The molecule has 0 amide bonds. The number of fused-ring (bicyclic) bond motifs is 1. The highest BCUT2D eigenvalue weighted by Crippen LogP contribution is 2.34. The standard InChI is InChI=1S/C21H22N6O2S/c1-14(13-29-3)26-20(28)17-11-7-8-12-18(17)22-21(26)30-15(2)19-23-24-25-27(19)16-9-5-4-6-10-16/h4-12,14-15H,13H2,1-3H3/t14-,15+/m0/s1. The summed E-state index contributed by atoms with van der Waals surface area (Å²) in [5.41, 5.74) is 1.46. The number of hydrogen-bond donors (Lipinski definition) is 0. The minimum Gasteiger partial charge on any atom is -0.383 e. The molecule has 2 aromatic heterocycles. The van der Waals surface area contributed by atoms with E-state index < -0.39 is 0 Å². The van der Waals surface area contributed by atoms with Crippen LogP contribution in [0.2, 0.25) is 0 Å². The van der Waals surface area contributed by atoms with E-state index in [2.05, 4.69) is 15.5 Å².